The molecule has 0 nitrogen and oxygen atoms in total. The van der Waals surface area contributed by atoms with Crippen LogP contribution in [0.25, 0.3) is 0 Å². The summed E-state index contributed by atoms with van der Waals surface area (Å²) in [5.74, 6) is 0.833. The molecule has 0 saturated carbocycles. The molecule has 0 bridgehead atoms. The minimum Gasteiger partial charge on any atom is -0.0683 e. The van der Waals surface area contributed by atoms with Crippen molar-refractivity contribution in [2.24, 2.45) is 5.92 Å². The molecule has 0 heteroatoms. The maximum absolute atomic E-state index is 2.17. The van der Waals surface area contributed by atoms with Gasteiger partial charge in [0.15, 0.2) is 0 Å². The van der Waals surface area contributed by atoms with Crippen molar-refractivity contribution in [2.45, 2.75) is 48.5 Å². The Morgan fingerprint density at radius 1 is 0.500 bits per heavy atom. The summed E-state index contributed by atoms with van der Waals surface area (Å²) in [5.41, 5.74) is 0. The minimum absolute atomic E-state index is 0.833. The second-order valence-corrected chi connectivity index (χ2v) is 2.89. The van der Waals surface area contributed by atoms with Crippen LogP contribution >= 0.6 is 0 Å². The van der Waals surface area contributed by atoms with Crippen LogP contribution in [0.1, 0.15) is 48.5 Å². The van der Waals surface area contributed by atoms with Crippen LogP contribution in [0.15, 0.2) is 36.4 Å². The van der Waals surface area contributed by atoms with E-state index in [4.69, 9.17) is 0 Å². The molecular weight excluding hydrogens is 168 g/mol. The molecule has 0 atom stereocenters. The van der Waals surface area contributed by atoms with Gasteiger partial charge in [-0.1, -0.05) is 84.9 Å². The summed E-state index contributed by atoms with van der Waals surface area (Å²) >= 11 is 0. The monoisotopic (exact) mass is 196 g/mol. The van der Waals surface area contributed by atoms with Gasteiger partial charge >= 0.3 is 0 Å². The van der Waals surface area contributed by atoms with Gasteiger partial charge < -0.3 is 0 Å². The zero-order valence-electron chi connectivity index (χ0n) is 11.0. The van der Waals surface area contributed by atoms with Crippen LogP contribution < -0.4 is 0 Å². The van der Waals surface area contributed by atoms with Crippen LogP contribution in [0.2, 0.25) is 0 Å². The van der Waals surface area contributed by atoms with Crippen molar-refractivity contribution in [1.29, 1.82) is 0 Å². The lowest BCUT2D eigenvalue weighted by Gasteiger charge is -1.79. The van der Waals surface area contributed by atoms with E-state index in [2.05, 4.69) is 20.8 Å². The number of hydrogen-bond acceptors (Lipinski definition) is 0. The predicted octanol–water partition coefficient (Wildman–Crippen LogP) is 5.40. The van der Waals surface area contributed by atoms with Crippen molar-refractivity contribution < 1.29 is 0 Å². The van der Waals surface area contributed by atoms with Crippen LogP contribution in [-0.2, 0) is 0 Å². The molecule has 0 fully saturated rings. The van der Waals surface area contributed by atoms with Gasteiger partial charge in [0.05, 0.1) is 0 Å². The number of hydrogen-bond donors (Lipinski definition) is 0. The minimum atomic E-state index is 0.833. The Morgan fingerprint density at radius 2 is 0.571 bits per heavy atom. The maximum atomic E-state index is 2.17. The Labute approximate surface area is 91.4 Å². The van der Waals surface area contributed by atoms with Crippen molar-refractivity contribution in [1.82, 2.24) is 0 Å². The largest absolute Gasteiger partial charge is 0.0683 e. The lowest BCUT2D eigenvalue weighted by atomic mass is 10.3. The molecule has 84 valence electrons. The molecule has 0 aromatic heterocycles. The average Bonchev–Trinajstić information content (AvgIpc) is 2.25. The molecule has 0 aliphatic heterocycles. The van der Waals surface area contributed by atoms with Crippen LogP contribution in [-0.4, -0.2) is 0 Å². The summed E-state index contributed by atoms with van der Waals surface area (Å²) < 4.78 is 0. The third-order valence-electron chi connectivity index (χ3n) is 0.667. The lowest BCUT2D eigenvalue weighted by molar-refractivity contribution is 0.737. The zero-order chi connectivity index (χ0) is 11.8. The summed E-state index contributed by atoms with van der Waals surface area (Å²) in [4.78, 5) is 0. The molecule has 1 rings (SSSR count). The van der Waals surface area contributed by atoms with E-state index in [1.165, 1.54) is 0 Å². The Hall–Kier alpha value is -0.780. The van der Waals surface area contributed by atoms with Gasteiger partial charge in [0.2, 0.25) is 0 Å². The van der Waals surface area contributed by atoms with E-state index in [1.807, 2.05) is 64.1 Å². The van der Waals surface area contributed by atoms with Crippen LogP contribution in [0.4, 0.5) is 0 Å². The Balaban J connectivity index is -0.000000134. The maximum Gasteiger partial charge on any atom is -0.0500 e. The molecule has 1 aromatic carbocycles. The van der Waals surface area contributed by atoms with Gasteiger partial charge in [0.25, 0.3) is 0 Å². The predicted molar refractivity (Wildman–Crippen MR) is 69.7 cm³/mol. The highest BCUT2D eigenvalue weighted by Crippen LogP contribution is 1.81. The fourth-order valence-corrected chi connectivity index (χ4v) is 0.385. The van der Waals surface area contributed by atoms with Gasteiger partial charge in [-0.2, -0.15) is 0 Å². The molecular formula is C14H28. The van der Waals surface area contributed by atoms with E-state index >= 15 is 0 Å². The summed E-state index contributed by atoms with van der Waals surface area (Å²) in [6.07, 6.45) is 0. The fourth-order valence-electron chi connectivity index (χ4n) is 0.385. The summed E-state index contributed by atoms with van der Waals surface area (Å²) in [5, 5.41) is 0. The first-order valence-corrected chi connectivity index (χ1v) is 5.73. The Kier molecular flexibility index (Phi) is 30.7. The quantitative estimate of drug-likeness (QED) is 0.521. The smallest absolute Gasteiger partial charge is 0.0500 e. The highest BCUT2D eigenvalue weighted by molar-refractivity contribution is 4.99. The van der Waals surface area contributed by atoms with Crippen molar-refractivity contribution in [3.63, 3.8) is 0 Å². The van der Waals surface area contributed by atoms with Crippen LogP contribution in [0.5, 0.6) is 0 Å². The molecule has 0 aliphatic carbocycles. The van der Waals surface area contributed by atoms with Gasteiger partial charge in [-0.15, -0.1) is 0 Å². The molecule has 0 aliphatic rings. The standard InChI is InChI=1S/C6H6.C4H10.2C2H6/c1-2-4-6-5-3-1;1-4(2)3;2*1-2/h1-6H;4H,1-3H3;2*1-2H3. The normalized spacial score (nSPS) is 6.86. The molecule has 0 spiro atoms. The summed E-state index contributed by atoms with van der Waals surface area (Å²) in [6, 6.07) is 12.0. The Morgan fingerprint density at radius 3 is 0.643 bits per heavy atom. The SMILES string of the molecule is CC.CC.CC(C)C.c1ccccc1. The van der Waals surface area contributed by atoms with E-state index in [-0.39, 0.29) is 0 Å². The first-order chi connectivity index (χ1) is 6.73. The lowest BCUT2D eigenvalue weighted by Crippen LogP contribution is -1.66. The first-order valence-electron chi connectivity index (χ1n) is 5.73. The van der Waals surface area contributed by atoms with Gasteiger partial charge in [0, 0.05) is 0 Å². The van der Waals surface area contributed by atoms with Crippen molar-refractivity contribution >= 4 is 0 Å². The third-order valence-corrected chi connectivity index (χ3v) is 0.667. The van der Waals surface area contributed by atoms with Gasteiger partial charge in [0.1, 0.15) is 0 Å². The second kappa shape index (κ2) is 22.8. The van der Waals surface area contributed by atoms with Crippen molar-refractivity contribution in [3.8, 4) is 0 Å². The van der Waals surface area contributed by atoms with E-state index < -0.39 is 0 Å². The first kappa shape index (κ1) is 18.9. The van der Waals surface area contributed by atoms with Crippen molar-refractivity contribution in [3.05, 3.63) is 36.4 Å². The zero-order valence-corrected chi connectivity index (χ0v) is 11.0. The van der Waals surface area contributed by atoms with Gasteiger partial charge in [-0.3, -0.25) is 0 Å². The molecule has 0 heterocycles. The van der Waals surface area contributed by atoms with E-state index in [1.54, 1.807) is 0 Å². The van der Waals surface area contributed by atoms with Crippen molar-refractivity contribution in [2.75, 3.05) is 0 Å². The molecule has 0 N–H and O–H groups in total. The topological polar surface area (TPSA) is 0 Å². The molecule has 0 radical (unpaired) electrons. The van der Waals surface area contributed by atoms with Gasteiger partial charge in [-0.05, 0) is 5.92 Å². The highest BCUT2D eigenvalue weighted by Gasteiger charge is 1.68. The fraction of sp³-hybridized carbons (Fsp3) is 0.571. The molecule has 0 unspecified atom stereocenters. The van der Waals surface area contributed by atoms with E-state index in [0.717, 1.165) is 5.92 Å². The Bertz CT molecular complexity index is 101. The average molecular weight is 196 g/mol. The molecule has 14 heavy (non-hydrogen) atoms. The van der Waals surface area contributed by atoms with E-state index in [9.17, 15) is 0 Å². The van der Waals surface area contributed by atoms with Gasteiger partial charge in [-0.25, -0.2) is 0 Å². The number of rotatable bonds is 0. The summed E-state index contributed by atoms with van der Waals surface area (Å²) in [7, 11) is 0. The molecule has 0 amide bonds. The number of benzene rings is 1. The van der Waals surface area contributed by atoms with Crippen LogP contribution in [0.3, 0.4) is 0 Å². The van der Waals surface area contributed by atoms with Crippen LogP contribution in [0, 0.1) is 5.92 Å². The van der Waals surface area contributed by atoms with E-state index in [0.29, 0.717) is 0 Å². The third kappa shape index (κ3) is 43.0. The molecule has 1 aromatic rings. The summed E-state index contributed by atoms with van der Waals surface area (Å²) in [6.45, 7) is 14.5. The second-order valence-electron chi connectivity index (χ2n) is 2.89. The molecule has 0 saturated heterocycles. The highest BCUT2D eigenvalue weighted by atomic mass is 13.7.